The summed E-state index contributed by atoms with van der Waals surface area (Å²) in [5.74, 6) is 1.53. The fourth-order valence-electron chi connectivity index (χ4n) is 4.92. The maximum Gasteiger partial charge on any atom is 0.237 e. The van der Waals surface area contributed by atoms with E-state index in [1.165, 1.54) is 22.0 Å². The molecule has 0 saturated heterocycles. The van der Waals surface area contributed by atoms with Gasteiger partial charge in [-0.15, -0.1) is 0 Å². The molecule has 0 bridgehead atoms. The van der Waals surface area contributed by atoms with E-state index in [2.05, 4.69) is 58.6 Å². The zero-order valence-corrected chi connectivity index (χ0v) is 18.9. The third-order valence-corrected chi connectivity index (χ3v) is 6.68. The highest BCUT2D eigenvalue weighted by Crippen LogP contribution is 2.36. The summed E-state index contributed by atoms with van der Waals surface area (Å²) in [5, 5.41) is 12.3. The van der Waals surface area contributed by atoms with Crippen molar-refractivity contribution in [3.8, 4) is 0 Å². The molecular weight excluding hydrogens is 388 g/mol. The number of rotatable bonds is 6. The van der Waals surface area contributed by atoms with Crippen molar-refractivity contribution in [2.75, 3.05) is 0 Å². The fraction of sp³-hybridized carbons (Fsp3) is 0.520. The van der Waals surface area contributed by atoms with Gasteiger partial charge in [-0.3, -0.25) is 10.1 Å². The van der Waals surface area contributed by atoms with Crippen LogP contribution in [0.25, 0.3) is 10.9 Å². The second kappa shape index (κ2) is 7.83. The zero-order valence-electron chi connectivity index (χ0n) is 18.9. The molecule has 6 heteroatoms. The van der Waals surface area contributed by atoms with Crippen molar-refractivity contribution in [2.24, 2.45) is 5.92 Å². The van der Waals surface area contributed by atoms with Crippen LogP contribution in [0.3, 0.4) is 0 Å². The SMILES string of the molecule is Cc1noc(C)c1Cn1cc2c3c(cccc31)C(CC(C)C)NC(C(=O)NC1CC1)C2. The van der Waals surface area contributed by atoms with Gasteiger partial charge in [0.25, 0.3) is 0 Å². The first-order valence-electron chi connectivity index (χ1n) is 11.5. The highest BCUT2D eigenvalue weighted by Gasteiger charge is 2.33. The van der Waals surface area contributed by atoms with Gasteiger partial charge in [-0.2, -0.15) is 0 Å². The predicted octanol–water partition coefficient (Wildman–Crippen LogP) is 4.17. The smallest absolute Gasteiger partial charge is 0.237 e. The number of aromatic nitrogens is 2. The van der Waals surface area contributed by atoms with Crippen LogP contribution in [0, 0.1) is 19.8 Å². The van der Waals surface area contributed by atoms with E-state index in [1.54, 1.807) is 0 Å². The van der Waals surface area contributed by atoms with Gasteiger partial charge in [-0.1, -0.05) is 31.1 Å². The molecule has 1 fully saturated rings. The van der Waals surface area contributed by atoms with Crippen molar-refractivity contribution in [3.05, 3.63) is 52.5 Å². The average Bonchev–Trinajstić information content (AvgIpc) is 3.43. The van der Waals surface area contributed by atoms with Gasteiger partial charge in [-0.25, -0.2) is 0 Å². The number of carbonyl (C=O) groups excluding carboxylic acids is 1. The first-order valence-corrected chi connectivity index (χ1v) is 11.5. The first kappa shape index (κ1) is 20.3. The number of nitrogens with zero attached hydrogens (tertiary/aromatic N) is 2. The van der Waals surface area contributed by atoms with E-state index in [9.17, 15) is 4.79 Å². The lowest BCUT2D eigenvalue weighted by molar-refractivity contribution is -0.123. The largest absolute Gasteiger partial charge is 0.361 e. The molecule has 2 unspecified atom stereocenters. The Morgan fingerprint density at radius 1 is 1.32 bits per heavy atom. The minimum Gasteiger partial charge on any atom is -0.361 e. The minimum absolute atomic E-state index is 0.135. The average molecular weight is 421 g/mol. The molecule has 0 spiro atoms. The Balaban J connectivity index is 1.57. The summed E-state index contributed by atoms with van der Waals surface area (Å²) < 4.78 is 7.69. The Kier molecular flexibility index (Phi) is 5.13. The van der Waals surface area contributed by atoms with Crippen LogP contribution < -0.4 is 10.6 Å². The first-order chi connectivity index (χ1) is 14.9. The lowest BCUT2D eigenvalue weighted by Crippen LogP contribution is -2.47. The second-order valence-corrected chi connectivity index (χ2v) is 9.71. The molecule has 6 nitrogen and oxygen atoms in total. The third-order valence-electron chi connectivity index (χ3n) is 6.68. The summed E-state index contributed by atoms with van der Waals surface area (Å²) in [6.45, 7) is 9.18. The van der Waals surface area contributed by atoms with E-state index in [4.69, 9.17) is 4.52 Å². The summed E-state index contributed by atoms with van der Waals surface area (Å²) >= 11 is 0. The molecule has 5 rings (SSSR count). The Morgan fingerprint density at radius 2 is 2.13 bits per heavy atom. The summed E-state index contributed by atoms with van der Waals surface area (Å²) in [7, 11) is 0. The lowest BCUT2D eigenvalue weighted by atomic mass is 9.94. The van der Waals surface area contributed by atoms with Crippen LogP contribution in [0.2, 0.25) is 0 Å². The van der Waals surface area contributed by atoms with E-state index in [0.717, 1.165) is 42.8 Å². The highest BCUT2D eigenvalue weighted by atomic mass is 16.5. The summed E-state index contributed by atoms with van der Waals surface area (Å²) in [6.07, 6.45) is 6.14. The topological polar surface area (TPSA) is 72.1 Å². The van der Waals surface area contributed by atoms with Gasteiger partial charge in [0.2, 0.25) is 5.91 Å². The Morgan fingerprint density at radius 3 is 2.81 bits per heavy atom. The zero-order chi connectivity index (χ0) is 21.7. The standard InChI is InChI=1S/C25H32N4O2/c1-14(2)10-21-19-6-5-7-23-24(19)17(11-22(27-21)25(30)26-18-8-9-18)12-29(23)13-20-15(3)28-31-16(20)4/h5-7,12,14,18,21-22,27H,8-11,13H2,1-4H3,(H,26,30). The molecule has 31 heavy (non-hydrogen) atoms. The maximum atomic E-state index is 13.1. The third kappa shape index (κ3) is 3.89. The molecule has 2 aromatic heterocycles. The number of hydrogen-bond acceptors (Lipinski definition) is 4. The van der Waals surface area contributed by atoms with Crippen LogP contribution in [-0.2, 0) is 17.8 Å². The van der Waals surface area contributed by atoms with Crippen LogP contribution in [-0.4, -0.2) is 27.7 Å². The summed E-state index contributed by atoms with van der Waals surface area (Å²) in [4.78, 5) is 13.1. The monoisotopic (exact) mass is 420 g/mol. The number of nitrogens with one attached hydrogen (secondary N) is 2. The van der Waals surface area contributed by atoms with Gasteiger partial charge in [0.1, 0.15) is 5.76 Å². The van der Waals surface area contributed by atoms with Crippen molar-refractivity contribution in [3.63, 3.8) is 0 Å². The van der Waals surface area contributed by atoms with Crippen molar-refractivity contribution >= 4 is 16.8 Å². The molecule has 164 valence electrons. The molecule has 1 amide bonds. The van der Waals surface area contributed by atoms with Crippen molar-refractivity contribution in [1.29, 1.82) is 0 Å². The van der Waals surface area contributed by atoms with Crippen LogP contribution in [0.1, 0.15) is 67.3 Å². The van der Waals surface area contributed by atoms with Crippen LogP contribution >= 0.6 is 0 Å². The fourth-order valence-corrected chi connectivity index (χ4v) is 4.92. The van der Waals surface area contributed by atoms with Crippen molar-refractivity contribution < 1.29 is 9.32 Å². The number of benzene rings is 1. The molecule has 2 atom stereocenters. The van der Waals surface area contributed by atoms with Gasteiger partial charge in [0, 0.05) is 34.7 Å². The van der Waals surface area contributed by atoms with E-state index in [1.807, 2.05) is 13.8 Å². The molecule has 2 aliphatic rings. The van der Waals surface area contributed by atoms with E-state index >= 15 is 0 Å². The number of amides is 1. The summed E-state index contributed by atoms with van der Waals surface area (Å²) in [6, 6.07) is 6.88. The van der Waals surface area contributed by atoms with Gasteiger partial charge < -0.3 is 14.4 Å². The normalized spacial score (nSPS) is 20.9. The molecule has 3 aromatic rings. The molecule has 1 saturated carbocycles. The quantitative estimate of drug-likeness (QED) is 0.628. The highest BCUT2D eigenvalue weighted by molar-refractivity contribution is 5.90. The molecule has 0 radical (unpaired) electrons. The van der Waals surface area contributed by atoms with E-state index in [0.29, 0.717) is 18.4 Å². The van der Waals surface area contributed by atoms with E-state index in [-0.39, 0.29) is 18.0 Å². The molecule has 2 N–H and O–H groups in total. The lowest BCUT2D eigenvalue weighted by Gasteiger charge is -2.25. The van der Waals surface area contributed by atoms with Gasteiger partial charge >= 0.3 is 0 Å². The Labute approximate surface area is 183 Å². The number of hydrogen-bond donors (Lipinski definition) is 2. The predicted molar refractivity (Wildman–Crippen MR) is 121 cm³/mol. The van der Waals surface area contributed by atoms with Gasteiger partial charge in [-0.05, 0) is 62.6 Å². The van der Waals surface area contributed by atoms with Crippen molar-refractivity contribution in [2.45, 2.75) is 78.0 Å². The van der Waals surface area contributed by atoms with Gasteiger partial charge in [0.05, 0.1) is 18.3 Å². The second-order valence-electron chi connectivity index (χ2n) is 9.71. The van der Waals surface area contributed by atoms with Crippen LogP contribution in [0.4, 0.5) is 0 Å². The Bertz CT molecular complexity index is 1100. The van der Waals surface area contributed by atoms with Gasteiger partial charge in [0.15, 0.2) is 0 Å². The van der Waals surface area contributed by atoms with E-state index < -0.39 is 0 Å². The Hall–Kier alpha value is -2.60. The molecule has 1 aliphatic heterocycles. The molecule has 1 aromatic carbocycles. The molecular formula is C25H32N4O2. The van der Waals surface area contributed by atoms with Crippen molar-refractivity contribution in [1.82, 2.24) is 20.4 Å². The summed E-state index contributed by atoms with van der Waals surface area (Å²) in [5.41, 5.74) is 5.83. The molecule has 1 aliphatic carbocycles. The maximum absolute atomic E-state index is 13.1. The molecule has 3 heterocycles. The minimum atomic E-state index is -0.213. The van der Waals surface area contributed by atoms with Crippen LogP contribution in [0.5, 0.6) is 0 Å². The number of aryl methyl sites for hydroxylation is 2. The number of carbonyl (C=O) groups is 1. The van der Waals surface area contributed by atoms with Crippen LogP contribution in [0.15, 0.2) is 28.9 Å².